The van der Waals surface area contributed by atoms with Crippen molar-refractivity contribution >= 4 is 11.6 Å². The molecule has 110 valence electrons. The fourth-order valence-corrected chi connectivity index (χ4v) is 2.98. The number of aliphatic imine (C=N–C) groups is 1. The maximum atomic E-state index is 5.61. The largest absolute Gasteiger partial charge is 0.325 e. The maximum Gasteiger partial charge on any atom is 0.210 e. The first-order chi connectivity index (χ1) is 9.83. The van der Waals surface area contributed by atoms with Crippen LogP contribution in [0.2, 0.25) is 0 Å². The van der Waals surface area contributed by atoms with Crippen molar-refractivity contribution in [1.82, 2.24) is 5.43 Å². The molecule has 1 saturated carbocycles. The standard InChI is InChI=1S/C16H26N4/c1-2-15(13-9-5-3-6-10-13)19-16(20-17)18-14-11-7-4-8-12-14/h4,7-8,11-13,15H,2-3,5-6,9-10,17H2,1H3,(H2,18,19,20). The first-order valence-corrected chi connectivity index (χ1v) is 7.70. The molecule has 4 nitrogen and oxygen atoms in total. The van der Waals surface area contributed by atoms with E-state index in [2.05, 4.69) is 17.7 Å². The Balaban J connectivity index is 2.03. The van der Waals surface area contributed by atoms with Gasteiger partial charge in [-0.25, -0.2) is 10.8 Å². The molecule has 1 aliphatic rings. The van der Waals surface area contributed by atoms with Gasteiger partial charge in [0.1, 0.15) is 0 Å². The first-order valence-electron chi connectivity index (χ1n) is 7.70. The number of nitrogens with one attached hydrogen (secondary N) is 2. The molecule has 0 aromatic heterocycles. The molecule has 0 radical (unpaired) electrons. The molecule has 4 heteroatoms. The molecular formula is C16H26N4. The molecule has 4 N–H and O–H groups in total. The van der Waals surface area contributed by atoms with Crippen molar-refractivity contribution in [2.24, 2.45) is 16.8 Å². The van der Waals surface area contributed by atoms with Gasteiger partial charge >= 0.3 is 0 Å². The van der Waals surface area contributed by atoms with Crippen LogP contribution >= 0.6 is 0 Å². The van der Waals surface area contributed by atoms with Crippen molar-refractivity contribution in [3.8, 4) is 0 Å². The minimum absolute atomic E-state index is 0.359. The van der Waals surface area contributed by atoms with Gasteiger partial charge in [0.15, 0.2) is 0 Å². The minimum atomic E-state index is 0.359. The molecule has 0 amide bonds. The lowest BCUT2D eigenvalue weighted by Crippen LogP contribution is -2.38. The van der Waals surface area contributed by atoms with Crippen molar-refractivity contribution in [2.75, 3.05) is 5.32 Å². The van der Waals surface area contributed by atoms with Crippen LogP contribution in [0, 0.1) is 5.92 Å². The minimum Gasteiger partial charge on any atom is -0.325 e. The van der Waals surface area contributed by atoms with Gasteiger partial charge in [-0.3, -0.25) is 5.43 Å². The van der Waals surface area contributed by atoms with Gasteiger partial charge in [0.25, 0.3) is 0 Å². The summed E-state index contributed by atoms with van der Waals surface area (Å²) in [5, 5.41) is 3.25. The zero-order valence-electron chi connectivity index (χ0n) is 12.3. The molecule has 1 aromatic rings. The normalized spacial score (nSPS) is 18.6. The number of nitrogens with two attached hydrogens (primary N) is 1. The average Bonchev–Trinajstić information content (AvgIpc) is 2.53. The molecule has 1 atom stereocenters. The highest BCUT2D eigenvalue weighted by Crippen LogP contribution is 2.29. The van der Waals surface area contributed by atoms with E-state index < -0.39 is 0 Å². The van der Waals surface area contributed by atoms with Gasteiger partial charge in [0.2, 0.25) is 5.96 Å². The predicted molar refractivity (Wildman–Crippen MR) is 85.5 cm³/mol. The predicted octanol–water partition coefficient (Wildman–Crippen LogP) is 3.28. The number of hydrogen-bond donors (Lipinski definition) is 3. The number of anilines is 1. The highest BCUT2D eigenvalue weighted by atomic mass is 15.3. The third-order valence-corrected chi connectivity index (χ3v) is 4.08. The van der Waals surface area contributed by atoms with Crippen LogP contribution in [0.3, 0.4) is 0 Å². The number of benzene rings is 1. The van der Waals surface area contributed by atoms with E-state index in [1.807, 2.05) is 30.3 Å². The zero-order chi connectivity index (χ0) is 14.2. The summed E-state index contributed by atoms with van der Waals surface area (Å²) >= 11 is 0. The van der Waals surface area contributed by atoms with Gasteiger partial charge in [-0.15, -0.1) is 0 Å². The summed E-state index contributed by atoms with van der Waals surface area (Å²) in [6.45, 7) is 2.21. The molecule has 2 rings (SSSR count). The molecule has 1 unspecified atom stereocenters. The van der Waals surface area contributed by atoms with E-state index in [-0.39, 0.29) is 0 Å². The van der Waals surface area contributed by atoms with Gasteiger partial charge in [0, 0.05) is 5.69 Å². The van der Waals surface area contributed by atoms with Crippen LogP contribution in [-0.4, -0.2) is 12.0 Å². The van der Waals surface area contributed by atoms with Crippen LogP contribution in [-0.2, 0) is 0 Å². The second kappa shape index (κ2) is 7.90. The number of para-hydroxylation sites is 1. The lowest BCUT2D eigenvalue weighted by atomic mass is 9.83. The van der Waals surface area contributed by atoms with E-state index in [9.17, 15) is 0 Å². The Bertz CT molecular complexity index is 410. The van der Waals surface area contributed by atoms with Crippen LogP contribution in [0.5, 0.6) is 0 Å². The smallest absolute Gasteiger partial charge is 0.210 e. The third-order valence-electron chi connectivity index (χ3n) is 4.08. The van der Waals surface area contributed by atoms with E-state index in [1.165, 1.54) is 32.1 Å². The zero-order valence-corrected chi connectivity index (χ0v) is 12.3. The number of nitrogens with zero attached hydrogens (tertiary/aromatic N) is 1. The summed E-state index contributed by atoms with van der Waals surface area (Å²) in [4.78, 5) is 4.80. The Morgan fingerprint density at radius 1 is 1.25 bits per heavy atom. The quantitative estimate of drug-likeness (QED) is 0.342. The van der Waals surface area contributed by atoms with Crippen LogP contribution in [0.25, 0.3) is 0 Å². The van der Waals surface area contributed by atoms with Crippen molar-refractivity contribution in [1.29, 1.82) is 0 Å². The van der Waals surface area contributed by atoms with E-state index >= 15 is 0 Å². The highest BCUT2D eigenvalue weighted by Gasteiger charge is 2.22. The topological polar surface area (TPSA) is 62.4 Å². The Morgan fingerprint density at radius 2 is 1.95 bits per heavy atom. The maximum absolute atomic E-state index is 5.61. The number of rotatable bonds is 4. The summed E-state index contributed by atoms with van der Waals surface area (Å²) < 4.78 is 0. The third kappa shape index (κ3) is 4.23. The highest BCUT2D eigenvalue weighted by molar-refractivity contribution is 5.93. The molecule has 0 heterocycles. The van der Waals surface area contributed by atoms with E-state index in [4.69, 9.17) is 10.8 Å². The van der Waals surface area contributed by atoms with E-state index in [0.29, 0.717) is 17.9 Å². The number of guanidine groups is 1. The number of hydrazine groups is 1. The van der Waals surface area contributed by atoms with Gasteiger partial charge in [-0.2, -0.15) is 0 Å². The van der Waals surface area contributed by atoms with Crippen molar-refractivity contribution in [2.45, 2.75) is 51.5 Å². The van der Waals surface area contributed by atoms with Gasteiger partial charge in [-0.05, 0) is 37.3 Å². The molecule has 0 aliphatic heterocycles. The summed E-state index contributed by atoms with van der Waals surface area (Å²) in [5.74, 6) is 6.97. The molecule has 1 aliphatic carbocycles. The fourth-order valence-electron chi connectivity index (χ4n) is 2.98. The van der Waals surface area contributed by atoms with Crippen LogP contribution < -0.4 is 16.6 Å². The second-order valence-corrected chi connectivity index (χ2v) is 5.49. The second-order valence-electron chi connectivity index (χ2n) is 5.49. The van der Waals surface area contributed by atoms with E-state index in [0.717, 1.165) is 12.1 Å². The average molecular weight is 274 g/mol. The Morgan fingerprint density at radius 3 is 2.55 bits per heavy atom. The summed E-state index contributed by atoms with van der Waals surface area (Å²) in [6, 6.07) is 10.4. The van der Waals surface area contributed by atoms with Crippen LogP contribution in [0.1, 0.15) is 45.4 Å². The van der Waals surface area contributed by atoms with E-state index in [1.54, 1.807) is 0 Å². The SMILES string of the molecule is CCC(N=C(NN)Nc1ccccc1)C1CCCCC1. The molecule has 1 aromatic carbocycles. The molecular weight excluding hydrogens is 248 g/mol. The molecule has 1 fully saturated rings. The summed E-state index contributed by atoms with van der Waals surface area (Å²) in [6.07, 6.45) is 7.71. The first kappa shape index (κ1) is 14.9. The fraction of sp³-hybridized carbons (Fsp3) is 0.562. The van der Waals surface area contributed by atoms with Gasteiger partial charge in [-0.1, -0.05) is 44.4 Å². The molecule has 20 heavy (non-hydrogen) atoms. The lowest BCUT2D eigenvalue weighted by Gasteiger charge is -2.27. The van der Waals surface area contributed by atoms with Crippen molar-refractivity contribution in [3.05, 3.63) is 30.3 Å². The van der Waals surface area contributed by atoms with Gasteiger partial charge in [0.05, 0.1) is 6.04 Å². The van der Waals surface area contributed by atoms with Crippen LogP contribution in [0.15, 0.2) is 35.3 Å². The number of hydrogen-bond acceptors (Lipinski definition) is 2. The lowest BCUT2D eigenvalue weighted by molar-refractivity contribution is 0.301. The Kier molecular flexibility index (Phi) is 5.87. The van der Waals surface area contributed by atoms with Crippen molar-refractivity contribution in [3.63, 3.8) is 0 Å². The van der Waals surface area contributed by atoms with Crippen LogP contribution in [0.4, 0.5) is 5.69 Å². The Labute approximate surface area is 121 Å². The Hall–Kier alpha value is -1.55. The summed E-state index contributed by atoms with van der Waals surface area (Å²) in [7, 11) is 0. The molecule has 0 saturated heterocycles. The monoisotopic (exact) mass is 274 g/mol. The van der Waals surface area contributed by atoms with Gasteiger partial charge < -0.3 is 5.32 Å². The molecule has 0 bridgehead atoms. The molecule has 0 spiro atoms. The summed E-state index contributed by atoms with van der Waals surface area (Å²) in [5.41, 5.74) is 3.70. The van der Waals surface area contributed by atoms with Crippen molar-refractivity contribution < 1.29 is 0 Å².